The van der Waals surface area contributed by atoms with Gasteiger partial charge in [0.1, 0.15) is 0 Å². The molecule has 0 aliphatic heterocycles. The molecular formula is C32H61NO5S. The summed E-state index contributed by atoms with van der Waals surface area (Å²) in [4.78, 5) is 12.4. The van der Waals surface area contributed by atoms with E-state index in [4.69, 9.17) is 0 Å². The van der Waals surface area contributed by atoms with Crippen molar-refractivity contribution in [3.05, 3.63) is 24.3 Å². The molecule has 6 nitrogen and oxygen atoms in total. The Bertz CT molecular complexity index is 720. The number of aliphatic hydroxyl groups is 1. The first-order chi connectivity index (χ1) is 18.8. The van der Waals surface area contributed by atoms with E-state index in [1.807, 2.05) is 0 Å². The zero-order valence-electron chi connectivity index (χ0n) is 25.3. The standard InChI is InChI=1S/C32H61NO5S/c1-3-5-7-9-11-13-14-15-16-17-18-20-22-24-26-28-32(35)33-30(29-39(36,37)38)31(34)27-25-23-21-19-12-10-8-6-4-2/h12,19,25,27,30-31,34H,3-11,13-18,20-24,26,28-29H2,1-2H3,(H,33,35)(H,36,37,38)/b19-12+,27-25+. The molecule has 0 aliphatic rings. The molecule has 7 heteroatoms. The number of hydrogen-bond donors (Lipinski definition) is 3. The van der Waals surface area contributed by atoms with E-state index in [9.17, 15) is 22.9 Å². The zero-order valence-corrected chi connectivity index (χ0v) is 26.1. The molecule has 0 saturated carbocycles. The predicted octanol–water partition coefficient (Wildman–Crippen LogP) is 8.45. The van der Waals surface area contributed by atoms with Gasteiger partial charge in [0, 0.05) is 6.42 Å². The molecule has 2 atom stereocenters. The first kappa shape index (κ1) is 37.8. The van der Waals surface area contributed by atoms with E-state index in [1.54, 1.807) is 6.08 Å². The Balaban J connectivity index is 4.02. The first-order valence-electron chi connectivity index (χ1n) is 16.0. The Morgan fingerprint density at radius 2 is 1.10 bits per heavy atom. The van der Waals surface area contributed by atoms with E-state index in [2.05, 4.69) is 31.3 Å². The van der Waals surface area contributed by atoms with Gasteiger partial charge in [-0.1, -0.05) is 141 Å². The molecule has 230 valence electrons. The maximum absolute atomic E-state index is 12.4. The van der Waals surface area contributed by atoms with E-state index in [0.717, 1.165) is 32.1 Å². The summed E-state index contributed by atoms with van der Waals surface area (Å²) >= 11 is 0. The molecule has 0 aliphatic carbocycles. The Morgan fingerprint density at radius 1 is 0.667 bits per heavy atom. The number of nitrogens with one attached hydrogen (secondary N) is 1. The minimum atomic E-state index is -4.33. The van der Waals surface area contributed by atoms with Crippen LogP contribution < -0.4 is 5.32 Å². The fourth-order valence-corrected chi connectivity index (χ4v) is 5.43. The third kappa shape index (κ3) is 28.2. The van der Waals surface area contributed by atoms with Gasteiger partial charge in [-0.2, -0.15) is 8.42 Å². The fourth-order valence-electron chi connectivity index (χ4n) is 4.70. The van der Waals surface area contributed by atoms with Crippen molar-refractivity contribution in [3.8, 4) is 0 Å². The SMILES string of the molecule is CCCCC/C=C/CC/C=C/C(O)C(CS(=O)(=O)O)NC(=O)CCCCCCCCCCCCCCCCC. The topological polar surface area (TPSA) is 104 Å². The summed E-state index contributed by atoms with van der Waals surface area (Å²) in [6.07, 6.45) is 31.7. The minimum Gasteiger partial charge on any atom is -0.387 e. The second kappa shape index (κ2) is 27.0. The van der Waals surface area contributed by atoms with Gasteiger partial charge in [0.15, 0.2) is 0 Å². The molecule has 0 saturated heterocycles. The van der Waals surface area contributed by atoms with Gasteiger partial charge in [-0.3, -0.25) is 9.35 Å². The highest BCUT2D eigenvalue weighted by atomic mass is 32.2. The van der Waals surface area contributed by atoms with E-state index in [-0.39, 0.29) is 5.91 Å². The summed E-state index contributed by atoms with van der Waals surface area (Å²) in [5, 5.41) is 13.0. The van der Waals surface area contributed by atoms with Crippen LogP contribution in [0.5, 0.6) is 0 Å². The largest absolute Gasteiger partial charge is 0.387 e. The quantitative estimate of drug-likeness (QED) is 0.0496. The Labute approximate surface area is 241 Å². The third-order valence-corrected chi connectivity index (χ3v) is 7.91. The van der Waals surface area contributed by atoms with Crippen LogP contribution in [0.2, 0.25) is 0 Å². The molecule has 3 N–H and O–H groups in total. The molecule has 39 heavy (non-hydrogen) atoms. The van der Waals surface area contributed by atoms with Gasteiger partial charge < -0.3 is 10.4 Å². The van der Waals surface area contributed by atoms with Crippen molar-refractivity contribution in [2.45, 2.75) is 167 Å². The van der Waals surface area contributed by atoms with Crippen molar-refractivity contribution in [1.82, 2.24) is 5.32 Å². The van der Waals surface area contributed by atoms with Crippen molar-refractivity contribution in [1.29, 1.82) is 0 Å². The molecule has 0 aromatic heterocycles. The van der Waals surface area contributed by atoms with Gasteiger partial charge >= 0.3 is 0 Å². The monoisotopic (exact) mass is 571 g/mol. The molecule has 0 spiro atoms. The van der Waals surface area contributed by atoms with Gasteiger partial charge in [-0.05, 0) is 32.1 Å². The molecular weight excluding hydrogens is 510 g/mol. The van der Waals surface area contributed by atoms with Gasteiger partial charge in [-0.15, -0.1) is 0 Å². The van der Waals surface area contributed by atoms with Crippen molar-refractivity contribution in [2.24, 2.45) is 0 Å². The summed E-state index contributed by atoms with van der Waals surface area (Å²) in [5.41, 5.74) is 0. The Hall–Kier alpha value is -1.18. The van der Waals surface area contributed by atoms with Gasteiger partial charge in [0.05, 0.1) is 17.9 Å². The van der Waals surface area contributed by atoms with Crippen LogP contribution in [0.25, 0.3) is 0 Å². The molecule has 0 aromatic rings. The van der Waals surface area contributed by atoms with E-state index in [1.165, 1.54) is 102 Å². The number of rotatable bonds is 28. The van der Waals surface area contributed by atoms with E-state index < -0.39 is 28.0 Å². The number of amides is 1. The summed E-state index contributed by atoms with van der Waals surface area (Å²) in [7, 11) is -4.33. The summed E-state index contributed by atoms with van der Waals surface area (Å²) < 4.78 is 32.1. The Kier molecular flexibility index (Phi) is 26.2. The highest BCUT2D eigenvalue weighted by Crippen LogP contribution is 2.14. The third-order valence-electron chi connectivity index (χ3n) is 7.13. The number of unbranched alkanes of at least 4 members (excludes halogenated alkanes) is 18. The lowest BCUT2D eigenvalue weighted by atomic mass is 10.0. The number of carbonyl (C=O) groups excluding carboxylic acids is 1. The summed E-state index contributed by atoms with van der Waals surface area (Å²) in [5.74, 6) is -0.999. The van der Waals surface area contributed by atoms with Crippen LogP contribution in [0.15, 0.2) is 24.3 Å². The van der Waals surface area contributed by atoms with Crippen molar-refractivity contribution in [3.63, 3.8) is 0 Å². The van der Waals surface area contributed by atoms with Crippen LogP contribution in [-0.2, 0) is 14.9 Å². The Morgan fingerprint density at radius 3 is 1.62 bits per heavy atom. The number of hydrogen-bond acceptors (Lipinski definition) is 4. The average molecular weight is 572 g/mol. The van der Waals surface area contributed by atoms with Gasteiger partial charge in [0.2, 0.25) is 5.91 Å². The number of carbonyl (C=O) groups is 1. The summed E-state index contributed by atoms with van der Waals surface area (Å²) in [6, 6.07) is -1.07. The van der Waals surface area contributed by atoms with Gasteiger partial charge in [0.25, 0.3) is 10.1 Å². The highest BCUT2D eigenvalue weighted by molar-refractivity contribution is 7.85. The maximum Gasteiger partial charge on any atom is 0.267 e. The van der Waals surface area contributed by atoms with Crippen LogP contribution in [0, 0.1) is 0 Å². The van der Waals surface area contributed by atoms with E-state index >= 15 is 0 Å². The average Bonchev–Trinajstić information content (AvgIpc) is 2.88. The molecule has 0 rings (SSSR count). The normalized spacial score (nSPS) is 13.8. The molecule has 2 unspecified atom stereocenters. The molecule has 0 radical (unpaired) electrons. The van der Waals surface area contributed by atoms with Gasteiger partial charge in [-0.25, -0.2) is 0 Å². The lowest BCUT2D eigenvalue weighted by molar-refractivity contribution is -0.122. The molecule has 0 bridgehead atoms. The smallest absolute Gasteiger partial charge is 0.267 e. The van der Waals surface area contributed by atoms with Crippen LogP contribution >= 0.6 is 0 Å². The second-order valence-corrected chi connectivity index (χ2v) is 12.6. The van der Waals surface area contributed by atoms with Crippen LogP contribution in [0.3, 0.4) is 0 Å². The lowest BCUT2D eigenvalue weighted by Crippen LogP contribution is -2.46. The molecule has 0 aromatic carbocycles. The van der Waals surface area contributed by atoms with Crippen LogP contribution in [0.4, 0.5) is 0 Å². The van der Waals surface area contributed by atoms with E-state index in [0.29, 0.717) is 12.8 Å². The van der Waals surface area contributed by atoms with Crippen molar-refractivity contribution >= 4 is 16.0 Å². The summed E-state index contributed by atoms with van der Waals surface area (Å²) in [6.45, 7) is 4.43. The predicted molar refractivity (Wildman–Crippen MR) is 166 cm³/mol. The maximum atomic E-state index is 12.4. The van der Waals surface area contributed by atoms with Crippen molar-refractivity contribution in [2.75, 3.05) is 5.75 Å². The van der Waals surface area contributed by atoms with Crippen molar-refractivity contribution < 1.29 is 22.9 Å². The fraction of sp³-hybridized carbons (Fsp3) is 0.844. The number of aliphatic hydroxyl groups excluding tert-OH is 1. The highest BCUT2D eigenvalue weighted by Gasteiger charge is 2.24. The minimum absolute atomic E-state index is 0.291. The molecule has 0 heterocycles. The number of allylic oxidation sites excluding steroid dienone is 3. The first-order valence-corrected chi connectivity index (χ1v) is 17.6. The van der Waals surface area contributed by atoms with Crippen LogP contribution in [-0.4, -0.2) is 41.9 Å². The zero-order chi connectivity index (χ0) is 29.0. The van der Waals surface area contributed by atoms with Crippen LogP contribution in [0.1, 0.15) is 155 Å². The molecule has 1 amide bonds. The second-order valence-electron chi connectivity index (χ2n) is 11.1. The molecule has 0 fully saturated rings. The lowest BCUT2D eigenvalue weighted by Gasteiger charge is -2.21.